The van der Waals surface area contributed by atoms with E-state index in [9.17, 15) is 5.11 Å². The van der Waals surface area contributed by atoms with Gasteiger partial charge in [-0.1, -0.05) is 51.1 Å². The van der Waals surface area contributed by atoms with Gasteiger partial charge in [0.25, 0.3) is 0 Å². The minimum Gasteiger partial charge on any atom is -0.384 e. The molecule has 0 fully saturated rings. The maximum absolute atomic E-state index is 10.6. The first-order chi connectivity index (χ1) is 8.49. The lowest BCUT2D eigenvalue weighted by atomic mass is 9.87. The van der Waals surface area contributed by atoms with Gasteiger partial charge < -0.3 is 10.4 Å². The van der Waals surface area contributed by atoms with E-state index in [1.807, 2.05) is 37.3 Å². The van der Waals surface area contributed by atoms with E-state index in [2.05, 4.69) is 26.1 Å². The summed E-state index contributed by atoms with van der Waals surface area (Å²) in [6.07, 6.45) is 3.26. The molecule has 102 valence electrons. The molecule has 0 saturated carbocycles. The SMILES string of the molecule is CCC(CC)(CC)NCC(C)(O)c1ccccc1. The summed E-state index contributed by atoms with van der Waals surface area (Å²) in [6.45, 7) is 9.08. The zero-order valence-corrected chi connectivity index (χ0v) is 12.2. The van der Waals surface area contributed by atoms with Gasteiger partial charge in [-0.2, -0.15) is 0 Å². The van der Waals surface area contributed by atoms with Gasteiger partial charge in [-0.3, -0.25) is 0 Å². The highest BCUT2D eigenvalue weighted by molar-refractivity contribution is 5.21. The van der Waals surface area contributed by atoms with E-state index in [0.717, 1.165) is 24.8 Å². The Morgan fingerprint density at radius 1 is 1.00 bits per heavy atom. The molecule has 18 heavy (non-hydrogen) atoms. The average Bonchev–Trinajstić information content (AvgIpc) is 2.42. The van der Waals surface area contributed by atoms with Crippen LogP contribution in [-0.4, -0.2) is 17.2 Å². The lowest BCUT2D eigenvalue weighted by Crippen LogP contribution is -2.49. The summed E-state index contributed by atoms with van der Waals surface area (Å²) in [5.41, 5.74) is 0.305. The van der Waals surface area contributed by atoms with Gasteiger partial charge in [0.05, 0.1) is 5.60 Å². The summed E-state index contributed by atoms with van der Waals surface area (Å²) in [6, 6.07) is 9.87. The Morgan fingerprint density at radius 3 is 1.94 bits per heavy atom. The smallest absolute Gasteiger partial charge is 0.0992 e. The van der Waals surface area contributed by atoms with Crippen LogP contribution in [0.25, 0.3) is 0 Å². The number of benzene rings is 1. The van der Waals surface area contributed by atoms with Crippen LogP contribution in [0.15, 0.2) is 30.3 Å². The molecule has 1 rings (SSSR count). The molecular weight excluding hydrogens is 222 g/mol. The number of aliphatic hydroxyl groups is 1. The molecule has 0 aliphatic rings. The molecule has 0 aliphatic carbocycles. The number of β-amino-alcohol motifs (C(OH)–C–C–N with tert-alkyl or cyclic N) is 1. The molecule has 0 bridgehead atoms. The quantitative estimate of drug-likeness (QED) is 0.775. The second kappa shape index (κ2) is 6.35. The third-order valence-corrected chi connectivity index (χ3v) is 4.23. The van der Waals surface area contributed by atoms with Gasteiger partial charge in [0.1, 0.15) is 0 Å². The van der Waals surface area contributed by atoms with Gasteiger partial charge in [-0.05, 0) is 31.7 Å². The Bertz CT molecular complexity index is 333. The van der Waals surface area contributed by atoms with Gasteiger partial charge >= 0.3 is 0 Å². The van der Waals surface area contributed by atoms with E-state index in [-0.39, 0.29) is 5.54 Å². The molecule has 0 aromatic heterocycles. The van der Waals surface area contributed by atoms with E-state index in [0.29, 0.717) is 6.54 Å². The third-order valence-electron chi connectivity index (χ3n) is 4.23. The summed E-state index contributed by atoms with van der Waals surface area (Å²) in [5, 5.41) is 14.1. The van der Waals surface area contributed by atoms with E-state index >= 15 is 0 Å². The first-order valence-corrected chi connectivity index (χ1v) is 7.02. The fourth-order valence-electron chi connectivity index (χ4n) is 2.38. The highest BCUT2D eigenvalue weighted by Crippen LogP contribution is 2.24. The fraction of sp³-hybridized carbons (Fsp3) is 0.625. The molecule has 1 unspecified atom stereocenters. The van der Waals surface area contributed by atoms with Crippen LogP contribution < -0.4 is 5.32 Å². The number of hydrogen-bond donors (Lipinski definition) is 2. The molecule has 1 aromatic rings. The van der Waals surface area contributed by atoms with E-state index in [1.165, 1.54) is 0 Å². The summed E-state index contributed by atoms with van der Waals surface area (Å²) >= 11 is 0. The van der Waals surface area contributed by atoms with E-state index in [4.69, 9.17) is 0 Å². The molecule has 0 heterocycles. The summed E-state index contributed by atoms with van der Waals surface area (Å²) in [7, 11) is 0. The molecule has 0 spiro atoms. The molecule has 1 atom stereocenters. The Hall–Kier alpha value is -0.860. The van der Waals surface area contributed by atoms with Crippen LogP contribution in [0.2, 0.25) is 0 Å². The van der Waals surface area contributed by atoms with Gasteiger partial charge in [0.2, 0.25) is 0 Å². The predicted octanol–water partition coefficient (Wildman–Crippen LogP) is 3.45. The van der Waals surface area contributed by atoms with Gasteiger partial charge in [-0.25, -0.2) is 0 Å². The number of rotatable bonds is 7. The minimum absolute atomic E-state index is 0.152. The van der Waals surface area contributed by atoms with Crippen LogP contribution in [0, 0.1) is 0 Å². The summed E-state index contributed by atoms with van der Waals surface area (Å²) < 4.78 is 0. The first-order valence-electron chi connectivity index (χ1n) is 7.02. The van der Waals surface area contributed by atoms with Crippen molar-refractivity contribution in [2.24, 2.45) is 0 Å². The van der Waals surface area contributed by atoms with Gasteiger partial charge in [0, 0.05) is 12.1 Å². The van der Waals surface area contributed by atoms with E-state index < -0.39 is 5.60 Å². The summed E-state index contributed by atoms with van der Waals surface area (Å²) in [5.74, 6) is 0. The van der Waals surface area contributed by atoms with Crippen LogP contribution in [0.1, 0.15) is 52.5 Å². The first kappa shape index (κ1) is 15.2. The van der Waals surface area contributed by atoms with Crippen LogP contribution in [0.4, 0.5) is 0 Å². The third kappa shape index (κ3) is 3.56. The van der Waals surface area contributed by atoms with Crippen molar-refractivity contribution < 1.29 is 5.11 Å². The van der Waals surface area contributed by atoms with Crippen LogP contribution in [-0.2, 0) is 5.60 Å². The molecular formula is C16H27NO. The topological polar surface area (TPSA) is 32.3 Å². The van der Waals surface area contributed by atoms with Crippen LogP contribution in [0.5, 0.6) is 0 Å². The van der Waals surface area contributed by atoms with Crippen molar-refractivity contribution in [2.75, 3.05) is 6.54 Å². The highest BCUT2D eigenvalue weighted by atomic mass is 16.3. The Labute approximate surface area is 111 Å². The summed E-state index contributed by atoms with van der Waals surface area (Å²) in [4.78, 5) is 0. The van der Waals surface area contributed by atoms with Crippen molar-refractivity contribution in [1.29, 1.82) is 0 Å². The largest absolute Gasteiger partial charge is 0.384 e. The molecule has 0 amide bonds. The van der Waals surface area contributed by atoms with Gasteiger partial charge in [-0.15, -0.1) is 0 Å². The Morgan fingerprint density at radius 2 is 1.50 bits per heavy atom. The average molecular weight is 249 g/mol. The van der Waals surface area contributed by atoms with Crippen molar-refractivity contribution in [3.05, 3.63) is 35.9 Å². The van der Waals surface area contributed by atoms with Crippen LogP contribution >= 0.6 is 0 Å². The van der Waals surface area contributed by atoms with Crippen LogP contribution in [0.3, 0.4) is 0 Å². The second-order valence-corrected chi connectivity index (χ2v) is 5.33. The van der Waals surface area contributed by atoms with Crippen molar-refractivity contribution >= 4 is 0 Å². The normalized spacial score (nSPS) is 15.4. The molecule has 2 nitrogen and oxygen atoms in total. The zero-order valence-electron chi connectivity index (χ0n) is 12.2. The lowest BCUT2D eigenvalue weighted by molar-refractivity contribution is 0.0449. The minimum atomic E-state index is -0.813. The van der Waals surface area contributed by atoms with Gasteiger partial charge in [0.15, 0.2) is 0 Å². The van der Waals surface area contributed by atoms with Crippen molar-refractivity contribution in [3.63, 3.8) is 0 Å². The maximum atomic E-state index is 10.6. The molecule has 0 saturated heterocycles. The fourth-order valence-corrected chi connectivity index (χ4v) is 2.38. The van der Waals surface area contributed by atoms with Crippen molar-refractivity contribution in [1.82, 2.24) is 5.32 Å². The maximum Gasteiger partial charge on any atom is 0.0992 e. The molecule has 0 aliphatic heterocycles. The molecule has 2 heteroatoms. The monoisotopic (exact) mass is 249 g/mol. The van der Waals surface area contributed by atoms with Crippen molar-refractivity contribution in [3.8, 4) is 0 Å². The number of hydrogen-bond acceptors (Lipinski definition) is 2. The standard InChI is InChI=1S/C16H27NO/c1-5-16(6-2,7-3)17-13-15(4,18)14-11-9-8-10-12-14/h8-12,17-18H,5-7,13H2,1-4H3. The molecule has 2 N–H and O–H groups in total. The second-order valence-electron chi connectivity index (χ2n) is 5.33. The highest BCUT2D eigenvalue weighted by Gasteiger charge is 2.29. The Kier molecular flexibility index (Phi) is 5.36. The Balaban J connectivity index is 2.72. The predicted molar refractivity (Wildman–Crippen MR) is 77.6 cm³/mol. The van der Waals surface area contributed by atoms with Crippen molar-refractivity contribution in [2.45, 2.75) is 58.1 Å². The zero-order chi connectivity index (χ0) is 13.6. The number of nitrogens with one attached hydrogen (secondary N) is 1. The van der Waals surface area contributed by atoms with E-state index in [1.54, 1.807) is 0 Å². The molecule has 0 radical (unpaired) electrons. The molecule has 1 aromatic carbocycles. The lowest BCUT2D eigenvalue weighted by Gasteiger charge is -2.36.